The highest BCUT2D eigenvalue weighted by Crippen LogP contribution is 2.11. The summed E-state index contributed by atoms with van der Waals surface area (Å²) in [5.74, 6) is 0. The second-order valence-electron chi connectivity index (χ2n) is 4.18. The fraction of sp³-hybridized carbons (Fsp3) is 0.750. The topological polar surface area (TPSA) is 43.8 Å². The Hall–Kier alpha value is -0.990. The van der Waals surface area contributed by atoms with Gasteiger partial charge < -0.3 is 5.73 Å². The highest BCUT2D eigenvalue weighted by atomic mass is 15.3. The van der Waals surface area contributed by atoms with Gasteiger partial charge in [0.2, 0.25) is 0 Å². The van der Waals surface area contributed by atoms with E-state index in [0.29, 0.717) is 0 Å². The average Bonchev–Trinajstić information content (AvgIpc) is 2.54. The zero-order valence-corrected chi connectivity index (χ0v) is 10.00. The standard InChI is InChI=1S/C12H23N3/c1-3-4-5-6-7-8-9-15-11(2)12(13)10-14-15/h10H,3-9,13H2,1-2H3. The van der Waals surface area contributed by atoms with Crippen molar-refractivity contribution >= 4 is 5.69 Å². The van der Waals surface area contributed by atoms with Crippen molar-refractivity contribution in [3.8, 4) is 0 Å². The van der Waals surface area contributed by atoms with Gasteiger partial charge in [0, 0.05) is 6.54 Å². The van der Waals surface area contributed by atoms with Crippen LogP contribution in [0.25, 0.3) is 0 Å². The van der Waals surface area contributed by atoms with E-state index in [1.807, 2.05) is 11.6 Å². The summed E-state index contributed by atoms with van der Waals surface area (Å²) >= 11 is 0. The van der Waals surface area contributed by atoms with Crippen molar-refractivity contribution in [2.45, 2.75) is 58.9 Å². The van der Waals surface area contributed by atoms with Gasteiger partial charge in [0.15, 0.2) is 0 Å². The van der Waals surface area contributed by atoms with Crippen molar-refractivity contribution < 1.29 is 0 Å². The van der Waals surface area contributed by atoms with Crippen LogP contribution < -0.4 is 5.73 Å². The molecule has 2 N–H and O–H groups in total. The Bertz CT molecular complexity index is 278. The van der Waals surface area contributed by atoms with Crippen molar-refractivity contribution in [1.29, 1.82) is 0 Å². The summed E-state index contributed by atoms with van der Waals surface area (Å²) in [6, 6.07) is 0. The number of rotatable bonds is 7. The maximum absolute atomic E-state index is 5.73. The number of anilines is 1. The van der Waals surface area contributed by atoms with E-state index < -0.39 is 0 Å². The molecule has 3 heteroatoms. The van der Waals surface area contributed by atoms with Crippen LogP contribution in [0.2, 0.25) is 0 Å². The summed E-state index contributed by atoms with van der Waals surface area (Å²) in [6.45, 7) is 5.28. The van der Waals surface area contributed by atoms with E-state index in [4.69, 9.17) is 5.73 Å². The first-order valence-electron chi connectivity index (χ1n) is 6.03. The van der Waals surface area contributed by atoms with Crippen LogP contribution in [0.4, 0.5) is 5.69 Å². The largest absolute Gasteiger partial charge is 0.396 e. The molecule has 0 saturated heterocycles. The van der Waals surface area contributed by atoms with E-state index in [1.54, 1.807) is 6.20 Å². The van der Waals surface area contributed by atoms with Gasteiger partial charge in [-0.1, -0.05) is 39.0 Å². The van der Waals surface area contributed by atoms with Gasteiger partial charge in [0.05, 0.1) is 17.6 Å². The van der Waals surface area contributed by atoms with Crippen molar-refractivity contribution in [2.24, 2.45) is 0 Å². The Morgan fingerprint density at radius 1 is 1.20 bits per heavy atom. The lowest BCUT2D eigenvalue weighted by Gasteiger charge is -2.04. The molecule has 0 bridgehead atoms. The number of hydrogen-bond donors (Lipinski definition) is 1. The monoisotopic (exact) mass is 209 g/mol. The molecule has 0 fully saturated rings. The number of aryl methyl sites for hydroxylation is 1. The molecule has 86 valence electrons. The van der Waals surface area contributed by atoms with Crippen LogP contribution in [-0.2, 0) is 6.54 Å². The second kappa shape index (κ2) is 6.49. The molecule has 1 rings (SSSR count). The summed E-state index contributed by atoms with van der Waals surface area (Å²) in [4.78, 5) is 0. The molecule has 0 unspecified atom stereocenters. The Labute approximate surface area is 92.7 Å². The van der Waals surface area contributed by atoms with E-state index in [-0.39, 0.29) is 0 Å². The van der Waals surface area contributed by atoms with Gasteiger partial charge >= 0.3 is 0 Å². The quantitative estimate of drug-likeness (QED) is 0.701. The van der Waals surface area contributed by atoms with Crippen molar-refractivity contribution in [2.75, 3.05) is 5.73 Å². The molecule has 0 aromatic carbocycles. The molecular formula is C12H23N3. The summed E-state index contributed by atoms with van der Waals surface area (Å²) in [6.07, 6.45) is 9.67. The van der Waals surface area contributed by atoms with Gasteiger partial charge in [-0.2, -0.15) is 5.10 Å². The van der Waals surface area contributed by atoms with Gasteiger partial charge in [0.25, 0.3) is 0 Å². The normalized spacial score (nSPS) is 10.8. The minimum Gasteiger partial charge on any atom is -0.396 e. The van der Waals surface area contributed by atoms with Crippen LogP contribution in [-0.4, -0.2) is 9.78 Å². The first kappa shape index (κ1) is 12.1. The molecule has 0 aliphatic heterocycles. The molecular weight excluding hydrogens is 186 g/mol. The minimum atomic E-state index is 0.806. The molecule has 0 amide bonds. The van der Waals surface area contributed by atoms with Gasteiger partial charge in [0.1, 0.15) is 0 Å². The van der Waals surface area contributed by atoms with Crippen LogP contribution in [0.1, 0.15) is 51.1 Å². The Morgan fingerprint density at radius 3 is 2.47 bits per heavy atom. The highest BCUT2D eigenvalue weighted by molar-refractivity contribution is 5.39. The predicted molar refractivity (Wildman–Crippen MR) is 64.8 cm³/mol. The summed E-state index contributed by atoms with van der Waals surface area (Å²) in [5, 5.41) is 4.24. The first-order chi connectivity index (χ1) is 7.25. The maximum Gasteiger partial charge on any atom is 0.0730 e. The van der Waals surface area contributed by atoms with Crippen molar-refractivity contribution in [1.82, 2.24) is 9.78 Å². The number of nitrogens with two attached hydrogens (primary N) is 1. The van der Waals surface area contributed by atoms with Crippen LogP contribution in [0.15, 0.2) is 6.20 Å². The van der Waals surface area contributed by atoms with Gasteiger partial charge in [-0.25, -0.2) is 0 Å². The third kappa shape index (κ3) is 3.94. The number of aromatic nitrogens is 2. The summed E-state index contributed by atoms with van der Waals surface area (Å²) in [7, 11) is 0. The number of unbranched alkanes of at least 4 members (excludes halogenated alkanes) is 5. The molecule has 0 spiro atoms. The molecule has 3 nitrogen and oxygen atoms in total. The van der Waals surface area contributed by atoms with Crippen LogP contribution in [0.5, 0.6) is 0 Å². The van der Waals surface area contributed by atoms with Crippen molar-refractivity contribution in [3.05, 3.63) is 11.9 Å². The SMILES string of the molecule is CCCCCCCCn1ncc(N)c1C. The van der Waals surface area contributed by atoms with Gasteiger partial charge in [-0.3, -0.25) is 4.68 Å². The van der Waals surface area contributed by atoms with Crippen LogP contribution >= 0.6 is 0 Å². The first-order valence-corrected chi connectivity index (χ1v) is 6.03. The molecule has 0 aliphatic rings. The average molecular weight is 209 g/mol. The molecule has 1 aromatic rings. The zero-order valence-electron chi connectivity index (χ0n) is 10.00. The van der Waals surface area contributed by atoms with Crippen LogP contribution in [0.3, 0.4) is 0 Å². The van der Waals surface area contributed by atoms with E-state index in [9.17, 15) is 0 Å². The molecule has 0 aliphatic carbocycles. The number of nitrogen functional groups attached to an aromatic ring is 1. The Balaban J connectivity index is 2.12. The molecule has 0 radical (unpaired) electrons. The molecule has 1 aromatic heterocycles. The van der Waals surface area contributed by atoms with Crippen LogP contribution in [0, 0.1) is 6.92 Å². The summed E-state index contributed by atoms with van der Waals surface area (Å²) in [5.41, 5.74) is 7.63. The lowest BCUT2D eigenvalue weighted by molar-refractivity contribution is 0.520. The number of hydrogen-bond acceptors (Lipinski definition) is 2. The molecule has 0 saturated carbocycles. The fourth-order valence-electron chi connectivity index (χ4n) is 1.73. The van der Waals surface area contributed by atoms with E-state index in [1.165, 1.54) is 38.5 Å². The third-order valence-corrected chi connectivity index (χ3v) is 2.86. The van der Waals surface area contributed by atoms with Gasteiger partial charge in [-0.05, 0) is 13.3 Å². The molecule has 1 heterocycles. The van der Waals surface area contributed by atoms with E-state index in [2.05, 4.69) is 12.0 Å². The zero-order chi connectivity index (χ0) is 11.1. The highest BCUT2D eigenvalue weighted by Gasteiger charge is 2.01. The summed E-state index contributed by atoms with van der Waals surface area (Å²) < 4.78 is 2.01. The lowest BCUT2D eigenvalue weighted by Crippen LogP contribution is -2.02. The Morgan fingerprint density at radius 2 is 1.87 bits per heavy atom. The second-order valence-corrected chi connectivity index (χ2v) is 4.18. The maximum atomic E-state index is 5.73. The van der Waals surface area contributed by atoms with E-state index in [0.717, 1.165) is 17.9 Å². The number of nitrogens with zero attached hydrogens (tertiary/aromatic N) is 2. The smallest absolute Gasteiger partial charge is 0.0730 e. The van der Waals surface area contributed by atoms with Gasteiger partial charge in [-0.15, -0.1) is 0 Å². The Kier molecular flexibility index (Phi) is 5.22. The molecule has 0 atom stereocenters. The predicted octanol–water partition coefficient (Wildman–Crippen LogP) is 3.13. The third-order valence-electron chi connectivity index (χ3n) is 2.86. The van der Waals surface area contributed by atoms with E-state index >= 15 is 0 Å². The van der Waals surface area contributed by atoms with Crippen molar-refractivity contribution in [3.63, 3.8) is 0 Å². The minimum absolute atomic E-state index is 0.806. The molecule has 15 heavy (non-hydrogen) atoms. The fourth-order valence-corrected chi connectivity index (χ4v) is 1.73. The lowest BCUT2D eigenvalue weighted by atomic mass is 10.1.